The van der Waals surface area contributed by atoms with Crippen molar-refractivity contribution in [3.63, 3.8) is 0 Å². The summed E-state index contributed by atoms with van der Waals surface area (Å²) >= 11 is 0. The minimum absolute atomic E-state index is 0.369. The van der Waals surface area contributed by atoms with Gasteiger partial charge in [-0.1, -0.05) is 12.6 Å². The Kier molecular flexibility index (Phi) is 2.87. The van der Waals surface area contributed by atoms with Gasteiger partial charge in [0.2, 0.25) is 0 Å². The van der Waals surface area contributed by atoms with Crippen LogP contribution in [0.3, 0.4) is 0 Å². The zero-order chi connectivity index (χ0) is 12.4. The number of fused-ring (bicyclic) bond motifs is 1. The third kappa shape index (κ3) is 2.30. The molecule has 0 bridgehead atoms. The van der Waals surface area contributed by atoms with Crippen LogP contribution in [0.25, 0.3) is 10.9 Å². The standard InChI is InChI=1S/C13H14N2O2/c1-8(14)5-9-3-4-11-10(6-9)7-12(15-11)13(16)17-2/h3-4,6-7,15H,1,5,14H2,2H3. The van der Waals surface area contributed by atoms with Gasteiger partial charge in [-0.2, -0.15) is 0 Å². The Hall–Kier alpha value is -2.23. The van der Waals surface area contributed by atoms with E-state index in [1.807, 2.05) is 18.2 Å². The molecule has 0 aliphatic rings. The number of methoxy groups -OCH3 is 1. The molecule has 0 spiro atoms. The largest absolute Gasteiger partial charge is 0.464 e. The second kappa shape index (κ2) is 4.33. The highest BCUT2D eigenvalue weighted by Gasteiger charge is 2.09. The van der Waals surface area contributed by atoms with E-state index < -0.39 is 0 Å². The monoisotopic (exact) mass is 230 g/mol. The number of hydrogen-bond donors (Lipinski definition) is 2. The first-order chi connectivity index (χ1) is 8.10. The van der Waals surface area contributed by atoms with Crippen LogP contribution in [0.4, 0.5) is 0 Å². The molecule has 0 amide bonds. The first kappa shape index (κ1) is 11.3. The number of rotatable bonds is 3. The number of aromatic nitrogens is 1. The Balaban J connectivity index is 2.40. The number of nitrogens with two attached hydrogens (primary N) is 1. The fourth-order valence-electron chi connectivity index (χ4n) is 1.77. The SMILES string of the molecule is C=C(N)Cc1ccc2[nH]c(C(=O)OC)cc2c1. The predicted molar refractivity (Wildman–Crippen MR) is 66.7 cm³/mol. The first-order valence-corrected chi connectivity index (χ1v) is 5.23. The highest BCUT2D eigenvalue weighted by atomic mass is 16.5. The van der Waals surface area contributed by atoms with Gasteiger partial charge < -0.3 is 15.5 Å². The van der Waals surface area contributed by atoms with E-state index >= 15 is 0 Å². The summed E-state index contributed by atoms with van der Waals surface area (Å²) in [5, 5.41) is 0.962. The lowest BCUT2D eigenvalue weighted by Crippen LogP contribution is -2.00. The number of aromatic amines is 1. The van der Waals surface area contributed by atoms with E-state index in [2.05, 4.69) is 16.3 Å². The van der Waals surface area contributed by atoms with E-state index in [0.717, 1.165) is 16.5 Å². The molecule has 2 aromatic rings. The molecule has 88 valence electrons. The number of ether oxygens (including phenoxy) is 1. The molecule has 0 aliphatic heterocycles. The molecule has 2 rings (SSSR count). The van der Waals surface area contributed by atoms with Crippen LogP contribution in [0.15, 0.2) is 36.5 Å². The van der Waals surface area contributed by atoms with E-state index in [4.69, 9.17) is 5.73 Å². The number of H-pyrrole nitrogens is 1. The number of hydrogen-bond acceptors (Lipinski definition) is 3. The van der Waals surface area contributed by atoms with Crippen molar-refractivity contribution in [2.24, 2.45) is 5.73 Å². The van der Waals surface area contributed by atoms with Crippen LogP contribution in [-0.4, -0.2) is 18.1 Å². The number of allylic oxidation sites excluding steroid dienone is 1. The number of nitrogens with one attached hydrogen (secondary N) is 1. The maximum Gasteiger partial charge on any atom is 0.354 e. The third-order valence-corrected chi connectivity index (χ3v) is 2.52. The molecule has 0 saturated heterocycles. The van der Waals surface area contributed by atoms with Gasteiger partial charge in [-0.15, -0.1) is 0 Å². The molecule has 17 heavy (non-hydrogen) atoms. The molecular formula is C13H14N2O2. The quantitative estimate of drug-likeness (QED) is 0.792. The van der Waals surface area contributed by atoms with Gasteiger partial charge in [0.15, 0.2) is 0 Å². The molecule has 4 nitrogen and oxygen atoms in total. The van der Waals surface area contributed by atoms with Gasteiger partial charge in [0, 0.05) is 23.0 Å². The Morgan fingerprint density at radius 1 is 1.47 bits per heavy atom. The minimum Gasteiger partial charge on any atom is -0.464 e. The summed E-state index contributed by atoms with van der Waals surface area (Å²) < 4.78 is 4.66. The van der Waals surface area contributed by atoms with Crippen molar-refractivity contribution < 1.29 is 9.53 Å². The Bertz CT molecular complexity index is 584. The van der Waals surface area contributed by atoms with Gasteiger partial charge >= 0.3 is 5.97 Å². The Morgan fingerprint density at radius 2 is 2.24 bits per heavy atom. The number of carbonyl (C=O) groups is 1. The molecule has 1 aromatic heterocycles. The molecule has 1 heterocycles. The summed E-state index contributed by atoms with van der Waals surface area (Å²) in [6.07, 6.45) is 0.634. The fraction of sp³-hybridized carbons (Fsp3) is 0.154. The molecule has 4 heteroatoms. The number of carbonyl (C=O) groups excluding carboxylic acids is 1. The minimum atomic E-state index is -0.369. The third-order valence-electron chi connectivity index (χ3n) is 2.52. The van der Waals surface area contributed by atoms with Crippen LogP contribution in [-0.2, 0) is 11.2 Å². The summed E-state index contributed by atoms with van der Waals surface area (Å²) in [5.41, 5.74) is 8.61. The molecule has 0 atom stereocenters. The topological polar surface area (TPSA) is 68.1 Å². The zero-order valence-corrected chi connectivity index (χ0v) is 9.62. The van der Waals surface area contributed by atoms with Crippen molar-refractivity contribution in [2.75, 3.05) is 7.11 Å². The van der Waals surface area contributed by atoms with Crippen LogP contribution in [0.2, 0.25) is 0 Å². The van der Waals surface area contributed by atoms with Crippen LogP contribution in [0.1, 0.15) is 16.1 Å². The average molecular weight is 230 g/mol. The van der Waals surface area contributed by atoms with Gasteiger partial charge in [0.25, 0.3) is 0 Å². The molecule has 3 N–H and O–H groups in total. The first-order valence-electron chi connectivity index (χ1n) is 5.23. The lowest BCUT2D eigenvalue weighted by molar-refractivity contribution is 0.0595. The summed E-state index contributed by atoms with van der Waals surface area (Å²) in [5.74, 6) is -0.369. The molecule has 0 unspecified atom stereocenters. The summed E-state index contributed by atoms with van der Waals surface area (Å²) in [6.45, 7) is 3.67. The van der Waals surface area contributed by atoms with Crippen LogP contribution in [0.5, 0.6) is 0 Å². The molecule has 0 aliphatic carbocycles. The maximum absolute atomic E-state index is 11.4. The Labute approximate surface area is 99.1 Å². The second-order valence-corrected chi connectivity index (χ2v) is 3.93. The zero-order valence-electron chi connectivity index (χ0n) is 9.62. The average Bonchev–Trinajstić information content (AvgIpc) is 2.70. The molecule has 0 radical (unpaired) electrons. The van der Waals surface area contributed by atoms with E-state index in [0.29, 0.717) is 17.8 Å². The van der Waals surface area contributed by atoms with Crippen molar-refractivity contribution in [2.45, 2.75) is 6.42 Å². The van der Waals surface area contributed by atoms with E-state index in [1.165, 1.54) is 7.11 Å². The highest BCUT2D eigenvalue weighted by Crippen LogP contribution is 2.18. The summed E-state index contributed by atoms with van der Waals surface area (Å²) in [7, 11) is 1.36. The van der Waals surface area contributed by atoms with Gasteiger partial charge in [-0.25, -0.2) is 4.79 Å². The molecule has 0 fully saturated rings. The van der Waals surface area contributed by atoms with Crippen molar-refractivity contribution in [3.05, 3.63) is 47.8 Å². The molecular weight excluding hydrogens is 216 g/mol. The lowest BCUT2D eigenvalue weighted by atomic mass is 10.1. The normalized spacial score (nSPS) is 10.4. The van der Waals surface area contributed by atoms with E-state index in [9.17, 15) is 4.79 Å². The molecule has 0 saturated carbocycles. The van der Waals surface area contributed by atoms with Gasteiger partial charge in [-0.3, -0.25) is 0 Å². The van der Waals surface area contributed by atoms with Crippen LogP contribution >= 0.6 is 0 Å². The van der Waals surface area contributed by atoms with E-state index in [1.54, 1.807) is 6.07 Å². The number of esters is 1. The Morgan fingerprint density at radius 3 is 2.88 bits per heavy atom. The van der Waals surface area contributed by atoms with E-state index in [-0.39, 0.29) is 5.97 Å². The summed E-state index contributed by atoms with van der Waals surface area (Å²) in [4.78, 5) is 14.4. The summed E-state index contributed by atoms with van der Waals surface area (Å²) in [6, 6.07) is 7.62. The maximum atomic E-state index is 11.4. The van der Waals surface area contributed by atoms with Gasteiger partial charge in [-0.05, 0) is 23.8 Å². The highest BCUT2D eigenvalue weighted by molar-refractivity contribution is 5.94. The van der Waals surface area contributed by atoms with Crippen molar-refractivity contribution in [1.29, 1.82) is 0 Å². The van der Waals surface area contributed by atoms with Crippen LogP contribution in [0, 0.1) is 0 Å². The van der Waals surface area contributed by atoms with Crippen molar-refractivity contribution in [3.8, 4) is 0 Å². The predicted octanol–water partition coefficient (Wildman–Crippen LogP) is 1.97. The molecule has 1 aromatic carbocycles. The smallest absolute Gasteiger partial charge is 0.354 e. The number of benzene rings is 1. The second-order valence-electron chi connectivity index (χ2n) is 3.93. The van der Waals surface area contributed by atoms with Gasteiger partial charge in [0.05, 0.1) is 7.11 Å². The van der Waals surface area contributed by atoms with Crippen LogP contribution < -0.4 is 5.73 Å². The van der Waals surface area contributed by atoms with Crippen molar-refractivity contribution in [1.82, 2.24) is 4.98 Å². The van der Waals surface area contributed by atoms with Crippen molar-refractivity contribution >= 4 is 16.9 Å². The lowest BCUT2D eigenvalue weighted by Gasteiger charge is -2.00. The van der Waals surface area contributed by atoms with Gasteiger partial charge in [0.1, 0.15) is 5.69 Å². The fourth-order valence-corrected chi connectivity index (χ4v) is 1.77.